The van der Waals surface area contributed by atoms with E-state index in [4.69, 9.17) is 21.6 Å². The summed E-state index contributed by atoms with van der Waals surface area (Å²) in [6.07, 6.45) is 0.896. The number of halogens is 1. The molecule has 0 aromatic heterocycles. The van der Waals surface area contributed by atoms with Crippen LogP contribution in [0.3, 0.4) is 0 Å². The Labute approximate surface area is 172 Å². The zero-order chi connectivity index (χ0) is 20.4. The van der Waals surface area contributed by atoms with Crippen LogP contribution in [0.1, 0.15) is 23.6 Å². The number of aliphatic imine (C=N–C) groups is 2. The molecule has 0 aliphatic carbocycles. The van der Waals surface area contributed by atoms with E-state index in [2.05, 4.69) is 12.2 Å². The number of benzene rings is 3. The van der Waals surface area contributed by atoms with Gasteiger partial charge in [-0.1, -0.05) is 24.6 Å². The number of nitrogens with zero attached hydrogens (tertiary/aromatic N) is 3. The topological polar surface area (TPSA) is 79.9 Å². The fraction of sp³-hybridized carbons (Fsp3) is 0.0909. The molecular weight excluding hydrogens is 388 g/mol. The normalized spacial score (nSPS) is 12.9. The number of hydrogen-bond acceptors (Lipinski definition) is 5. The van der Waals surface area contributed by atoms with Crippen molar-refractivity contribution in [3.63, 3.8) is 0 Å². The summed E-state index contributed by atoms with van der Waals surface area (Å²) < 4.78 is 0. The Morgan fingerprint density at radius 1 is 0.966 bits per heavy atom. The van der Waals surface area contributed by atoms with Crippen molar-refractivity contribution in [3.05, 3.63) is 98.6 Å². The largest absolute Gasteiger partial charge is 0.338 e. The molecule has 0 unspecified atom stereocenters. The van der Waals surface area contributed by atoms with Gasteiger partial charge in [0, 0.05) is 28.3 Å². The lowest BCUT2D eigenvalue weighted by Crippen LogP contribution is -2.15. The monoisotopic (exact) mass is 404 g/mol. The molecule has 1 aliphatic heterocycles. The third-order valence-corrected chi connectivity index (χ3v) is 4.87. The van der Waals surface area contributed by atoms with E-state index in [0.717, 1.165) is 28.9 Å². The van der Waals surface area contributed by atoms with Gasteiger partial charge in [0.1, 0.15) is 5.84 Å². The number of nitro benzene ring substituents is 1. The lowest BCUT2D eigenvalue weighted by atomic mass is 10.1. The summed E-state index contributed by atoms with van der Waals surface area (Å²) in [5.74, 6) is 1.10. The summed E-state index contributed by atoms with van der Waals surface area (Å²) in [7, 11) is 0. The molecule has 0 atom stereocenters. The molecule has 3 aromatic carbocycles. The Kier molecular flexibility index (Phi) is 5.10. The van der Waals surface area contributed by atoms with Gasteiger partial charge in [-0.05, 0) is 60.5 Å². The standard InChI is InChI=1S/C22H17ClN4O2/c1-2-14-3-12-19-20(13-14)25-22(16-6-10-18(11-7-16)27(28)29)26-21(24-19)15-4-8-17(23)9-5-15/h3-13H,2H2,1H3,(H,24,25,26). The first-order valence-electron chi connectivity index (χ1n) is 9.11. The molecule has 1 N–H and O–H groups in total. The number of amidine groups is 2. The molecule has 0 spiro atoms. The highest BCUT2D eigenvalue weighted by Crippen LogP contribution is 2.31. The van der Waals surface area contributed by atoms with Gasteiger partial charge < -0.3 is 5.32 Å². The molecule has 6 nitrogen and oxygen atoms in total. The first-order chi connectivity index (χ1) is 14.0. The number of hydrogen-bond donors (Lipinski definition) is 1. The van der Waals surface area contributed by atoms with E-state index in [9.17, 15) is 10.1 Å². The molecule has 29 heavy (non-hydrogen) atoms. The summed E-state index contributed by atoms with van der Waals surface area (Å²) in [6, 6.07) is 19.7. The van der Waals surface area contributed by atoms with Gasteiger partial charge in [0.05, 0.1) is 16.3 Å². The maximum Gasteiger partial charge on any atom is 0.269 e. The predicted molar refractivity (Wildman–Crippen MR) is 117 cm³/mol. The van der Waals surface area contributed by atoms with Crippen LogP contribution >= 0.6 is 11.6 Å². The maximum absolute atomic E-state index is 11.0. The van der Waals surface area contributed by atoms with E-state index in [0.29, 0.717) is 16.7 Å². The van der Waals surface area contributed by atoms with E-state index >= 15 is 0 Å². The van der Waals surface area contributed by atoms with Crippen LogP contribution in [-0.4, -0.2) is 16.6 Å². The number of anilines is 1. The molecule has 0 radical (unpaired) electrons. The van der Waals surface area contributed by atoms with Crippen LogP contribution in [0.15, 0.2) is 76.7 Å². The van der Waals surface area contributed by atoms with Crippen molar-refractivity contribution in [3.8, 4) is 0 Å². The third kappa shape index (κ3) is 4.02. The second-order valence-corrected chi connectivity index (χ2v) is 6.97. The van der Waals surface area contributed by atoms with Crippen molar-refractivity contribution < 1.29 is 4.92 Å². The van der Waals surface area contributed by atoms with Gasteiger partial charge in [-0.15, -0.1) is 0 Å². The lowest BCUT2D eigenvalue weighted by molar-refractivity contribution is -0.384. The molecule has 7 heteroatoms. The SMILES string of the molecule is CCc1ccc2c(c1)NC(c1ccc([N+](=O)[O-])cc1)=NC(c1ccc(Cl)cc1)=N2. The predicted octanol–water partition coefficient (Wildman–Crippen LogP) is 5.76. The molecule has 0 amide bonds. The van der Waals surface area contributed by atoms with Gasteiger partial charge in [-0.2, -0.15) is 0 Å². The van der Waals surface area contributed by atoms with E-state index < -0.39 is 4.92 Å². The fourth-order valence-electron chi connectivity index (χ4n) is 3.01. The minimum atomic E-state index is -0.421. The van der Waals surface area contributed by atoms with E-state index in [1.54, 1.807) is 24.3 Å². The van der Waals surface area contributed by atoms with Crippen LogP contribution < -0.4 is 5.32 Å². The van der Waals surface area contributed by atoms with Crippen molar-refractivity contribution in [2.75, 3.05) is 5.32 Å². The van der Waals surface area contributed by atoms with Crippen molar-refractivity contribution in [1.29, 1.82) is 0 Å². The quantitative estimate of drug-likeness (QED) is 0.443. The Balaban J connectivity index is 1.84. The number of aryl methyl sites for hydroxylation is 1. The molecule has 4 rings (SSSR count). The van der Waals surface area contributed by atoms with Crippen LogP contribution in [-0.2, 0) is 6.42 Å². The van der Waals surface area contributed by atoms with Crippen LogP contribution in [0.5, 0.6) is 0 Å². The molecule has 0 saturated heterocycles. The number of rotatable bonds is 4. The van der Waals surface area contributed by atoms with Crippen molar-refractivity contribution in [1.82, 2.24) is 0 Å². The van der Waals surface area contributed by atoms with Crippen molar-refractivity contribution >= 4 is 40.3 Å². The molecule has 0 saturated carbocycles. The second kappa shape index (κ2) is 7.85. The summed E-state index contributed by atoms with van der Waals surface area (Å²) >= 11 is 6.02. The zero-order valence-electron chi connectivity index (χ0n) is 15.6. The molecule has 1 aliphatic rings. The van der Waals surface area contributed by atoms with Gasteiger partial charge in [0.25, 0.3) is 5.69 Å². The van der Waals surface area contributed by atoms with E-state index in [1.807, 2.05) is 30.3 Å². The molecule has 144 valence electrons. The van der Waals surface area contributed by atoms with Crippen LogP contribution in [0, 0.1) is 10.1 Å². The molecule has 3 aromatic rings. The minimum absolute atomic E-state index is 0.0308. The molecular formula is C22H17ClN4O2. The van der Waals surface area contributed by atoms with E-state index in [1.165, 1.54) is 17.7 Å². The summed E-state index contributed by atoms with van der Waals surface area (Å²) in [6.45, 7) is 2.09. The highest BCUT2D eigenvalue weighted by atomic mass is 35.5. The Bertz CT molecular complexity index is 1140. The lowest BCUT2D eigenvalue weighted by Gasteiger charge is -2.11. The minimum Gasteiger partial charge on any atom is -0.338 e. The smallest absolute Gasteiger partial charge is 0.269 e. The average molecular weight is 405 g/mol. The Morgan fingerprint density at radius 3 is 2.31 bits per heavy atom. The summed E-state index contributed by atoms with van der Waals surface area (Å²) in [5.41, 5.74) is 4.36. The third-order valence-electron chi connectivity index (χ3n) is 4.62. The van der Waals surface area contributed by atoms with Gasteiger partial charge >= 0.3 is 0 Å². The van der Waals surface area contributed by atoms with Crippen LogP contribution in [0.4, 0.5) is 17.1 Å². The Hall–Kier alpha value is -3.51. The number of non-ortho nitro benzene ring substituents is 1. The molecule has 0 fully saturated rings. The summed E-state index contributed by atoms with van der Waals surface area (Å²) in [4.78, 5) is 20.0. The van der Waals surface area contributed by atoms with Gasteiger partial charge in [0.2, 0.25) is 0 Å². The van der Waals surface area contributed by atoms with Crippen molar-refractivity contribution in [2.24, 2.45) is 9.98 Å². The van der Waals surface area contributed by atoms with Gasteiger partial charge in [-0.3, -0.25) is 10.1 Å². The van der Waals surface area contributed by atoms with Crippen LogP contribution in [0.2, 0.25) is 5.02 Å². The average Bonchev–Trinajstić information content (AvgIpc) is 2.93. The first kappa shape index (κ1) is 18.8. The maximum atomic E-state index is 11.0. The van der Waals surface area contributed by atoms with Gasteiger partial charge in [0.15, 0.2) is 5.84 Å². The van der Waals surface area contributed by atoms with Crippen molar-refractivity contribution in [2.45, 2.75) is 13.3 Å². The van der Waals surface area contributed by atoms with Crippen LogP contribution in [0.25, 0.3) is 0 Å². The highest BCUT2D eigenvalue weighted by molar-refractivity contribution is 6.30. The van der Waals surface area contributed by atoms with E-state index in [-0.39, 0.29) is 5.69 Å². The Morgan fingerprint density at radius 2 is 1.66 bits per heavy atom. The fourth-order valence-corrected chi connectivity index (χ4v) is 3.13. The molecule has 1 heterocycles. The number of nitrogens with one attached hydrogen (secondary N) is 1. The molecule has 0 bridgehead atoms. The summed E-state index contributed by atoms with van der Waals surface area (Å²) in [5, 5.41) is 15.0. The zero-order valence-corrected chi connectivity index (χ0v) is 16.3. The van der Waals surface area contributed by atoms with Gasteiger partial charge in [-0.25, -0.2) is 9.98 Å². The highest BCUT2D eigenvalue weighted by Gasteiger charge is 2.17. The second-order valence-electron chi connectivity index (χ2n) is 6.54. The number of nitro groups is 1. The number of fused-ring (bicyclic) bond motifs is 1. The first-order valence-corrected chi connectivity index (χ1v) is 9.49.